The molecule has 0 aromatic carbocycles. The molecule has 0 bridgehead atoms. The van der Waals surface area contributed by atoms with Gasteiger partial charge in [0.25, 0.3) is 0 Å². The zero-order chi connectivity index (χ0) is 10.8. The molecule has 0 saturated heterocycles. The van der Waals surface area contributed by atoms with Crippen molar-refractivity contribution in [2.24, 2.45) is 4.99 Å². The average molecular weight is 269 g/mol. The number of pyridine rings is 1. The summed E-state index contributed by atoms with van der Waals surface area (Å²) in [6.45, 7) is 2.14. The molecule has 0 aliphatic carbocycles. The second kappa shape index (κ2) is 4.10. The summed E-state index contributed by atoms with van der Waals surface area (Å²) in [5.41, 5.74) is 0.586. The van der Waals surface area contributed by atoms with E-state index in [0.717, 1.165) is 5.22 Å². The summed E-state index contributed by atoms with van der Waals surface area (Å²) in [4.78, 5) is 19.7. The highest BCUT2D eigenvalue weighted by Crippen LogP contribution is 2.02. The number of carbonyl (C=O) groups is 1. The van der Waals surface area contributed by atoms with Gasteiger partial charge in [-0.15, -0.1) is 0 Å². The molecule has 1 aliphatic rings. The van der Waals surface area contributed by atoms with E-state index in [1.807, 2.05) is 12.1 Å². The fourth-order valence-corrected chi connectivity index (χ4v) is 1.66. The van der Waals surface area contributed by atoms with Crippen LogP contribution in [-0.2, 0) is 9.53 Å². The fraction of sp³-hybridized carbons (Fsp3) is 0.300. The summed E-state index contributed by atoms with van der Waals surface area (Å²) < 4.78 is 5.59. The standard InChI is InChI=1S/C10H9BrN2O2/c1-2-15-10(14)7-5-6-3-4-8(11)13-9(6)12-7/h3-5,7H,2H2,1H3/t7-/m0/s1. The lowest BCUT2D eigenvalue weighted by Gasteiger charge is -2.02. The van der Waals surface area contributed by atoms with Gasteiger partial charge in [0.05, 0.1) is 6.61 Å². The summed E-state index contributed by atoms with van der Waals surface area (Å²) in [5.74, 6) is -0.327. The number of carbonyl (C=O) groups excluding carboxylic acids is 1. The number of fused-ring (bicyclic) bond motifs is 1. The van der Waals surface area contributed by atoms with Gasteiger partial charge >= 0.3 is 5.97 Å². The van der Waals surface area contributed by atoms with E-state index in [9.17, 15) is 4.79 Å². The third kappa shape index (κ3) is 2.07. The summed E-state index contributed by atoms with van der Waals surface area (Å²) in [7, 11) is 0. The van der Waals surface area contributed by atoms with E-state index < -0.39 is 6.04 Å². The average Bonchev–Trinajstić information content (AvgIpc) is 2.60. The van der Waals surface area contributed by atoms with Crippen LogP contribution >= 0.6 is 15.9 Å². The summed E-state index contributed by atoms with van der Waals surface area (Å²) >= 11 is 3.25. The minimum Gasteiger partial charge on any atom is -0.464 e. The molecule has 1 aromatic rings. The van der Waals surface area contributed by atoms with Gasteiger partial charge in [0.15, 0.2) is 11.5 Å². The molecular weight excluding hydrogens is 260 g/mol. The molecule has 4 nitrogen and oxygen atoms in total. The molecule has 5 heteroatoms. The normalized spacial score (nSPS) is 17.6. The van der Waals surface area contributed by atoms with Crippen molar-refractivity contribution in [3.05, 3.63) is 27.4 Å². The first-order valence-electron chi connectivity index (χ1n) is 4.59. The topological polar surface area (TPSA) is 51.5 Å². The van der Waals surface area contributed by atoms with E-state index in [0.29, 0.717) is 16.7 Å². The maximum Gasteiger partial charge on any atom is 0.334 e. The quantitative estimate of drug-likeness (QED) is 0.569. The summed E-state index contributed by atoms with van der Waals surface area (Å²) in [5, 5.41) is 0.872. The van der Waals surface area contributed by atoms with Crippen LogP contribution in [0.25, 0.3) is 6.08 Å². The van der Waals surface area contributed by atoms with Crippen LogP contribution in [0, 0.1) is 0 Å². The molecule has 15 heavy (non-hydrogen) atoms. The molecule has 2 rings (SSSR count). The maximum absolute atomic E-state index is 11.4. The minimum atomic E-state index is -0.540. The molecule has 1 aromatic heterocycles. The molecule has 1 atom stereocenters. The smallest absolute Gasteiger partial charge is 0.334 e. The highest BCUT2D eigenvalue weighted by molar-refractivity contribution is 9.10. The SMILES string of the molecule is CCOC(=O)[C@@H]1C=c2ccc(Br)nc2=N1. The lowest BCUT2D eigenvalue weighted by Crippen LogP contribution is -2.24. The lowest BCUT2D eigenvalue weighted by molar-refractivity contribution is -0.142. The van der Waals surface area contributed by atoms with E-state index in [2.05, 4.69) is 25.9 Å². The molecule has 78 valence electrons. The largest absolute Gasteiger partial charge is 0.464 e. The number of aromatic nitrogens is 1. The van der Waals surface area contributed by atoms with Crippen LogP contribution in [0.2, 0.25) is 0 Å². The van der Waals surface area contributed by atoms with E-state index in [4.69, 9.17) is 4.74 Å². The third-order valence-electron chi connectivity index (χ3n) is 2.00. The number of hydrogen-bond acceptors (Lipinski definition) is 4. The first kappa shape index (κ1) is 10.3. The highest BCUT2D eigenvalue weighted by Gasteiger charge is 2.19. The van der Waals surface area contributed by atoms with Crippen molar-refractivity contribution >= 4 is 28.0 Å². The van der Waals surface area contributed by atoms with Gasteiger partial charge in [-0.2, -0.15) is 0 Å². The second-order valence-corrected chi connectivity index (χ2v) is 3.85. The first-order valence-corrected chi connectivity index (χ1v) is 5.39. The van der Waals surface area contributed by atoms with Crippen LogP contribution in [0.4, 0.5) is 0 Å². The van der Waals surface area contributed by atoms with Gasteiger partial charge in [-0.25, -0.2) is 14.8 Å². The Bertz CT molecular complexity index is 513. The van der Waals surface area contributed by atoms with Gasteiger partial charge in [-0.1, -0.05) is 0 Å². The Labute approximate surface area is 94.8 Å². The van der Waals surface area contributed by atoms with Crippen molar-refractivity contribution in [3.8, 4) is 0 Å². The van der Waals surface area contributed by atoms with Crippen LogP contribution in [-0.4, -0.2) is 23.6 Å². The molecule has 0 saturated carbocycles. The highest BCUT2D eigenvalue weighted by atomic mass is 79.9. The van der Waals surface area contributed by atoms with Crippen LogP contribution in [0.1, 0.15) is 6.92 Å². The second-order valence-electron chi connectivity index (χ2n) is 3.04. The van der Waals surface area contributed by atoms with E-state index >= 15 is 0 Å². The number of nitrogens with zero attached hydrogens (tertiary/aromatic N) is 2. The van der Waals surface area contributed by atoms with Gasteiger partial charge in [0, 0.05) is 5.22 Å². The number of ether oxygens (including phenoxy) is 1. The monoisotopic (exact) mass is 268 g/mol. The Kier molecular flexibility index (Phi) is 2.81. The zero-order valence-corrected chi connectivity index (χ0v) is 9.69. The lowest BCUT2D eigenvalue weighted by atomic mass is 10.3. The molecule has 0 radical (unpaired) electrons. The van der Waals surface area contributed by atoms with Crippen molar-refractivity contribution in [2.45, 2.75) is 13.0 Å². The fourth-order valence-electron chi connectivity index (χ4n) is 1.36. The molecule has 0 fully saturated rings. The number of hydrogen-bond donors (Lipinski definition) is 0. The van der Waals surface area contributed by atoms with Crippen LogP contribution in [0.15, 0.2) is 21.7 Å². The van der Waals surface area contributed by atoms with Gasteiger partial charge in [-0.05, 0) is 41.1 Å². The van der Waals surface area contributed by atoms with Crippen molar-refractivity contribution in [1.82, 2.24) is 4.98 Å². The van der Waals surface area contributed by atoms with Crippen molar-refractivity contribution in [1.29, 1.82) is 0 Å². The summed E-state index contributed by atoms with van der Waals surface area (Å²) in [6.07, 6.45) is 1.76. The van der Waals surface area contributed by atoms with E-state index in [1.54, 1.807) is 13.0 Å². The van der Waals surface area contributed by atoms with Gasteiger partial charge in [0.2, 0.25) is 0 Å². The number of rotatable bonds is 2. The van der Waals surface area contributed by atoms with Crippen LogP contribution in [0.3, 0.4) is 0 Å². The van der Waals surface area contributed by atoms with Gasteiger partial charge < -0.3 is 4.74 Å². The molecule has 2 heterocycles. The predicted octanol–water partition coefficient (Wildman–Crippen LogP) is 0.189. The Hall–Kier alpha value is -1.23. The Morgan fingerprint density at radius 2 is 2.40 bits per heavy atom. The molecule has 0 N–H and O–H groups in total. The van der Waals surface area contributed by atoms with E-state index in [1.165, 1.54) is 0 Å². The van der Waals surface area contributed by atoms with Crippen LogP contribution < -0.4 is 10.7 Å². The number of esters is 1. The van der Waals surface area contributed by atoms with Crippen molar-refractivity contribution in [3.63, 3.8) is 0 Å². The Morgan fingerprint density at radius 1 is 1.60 bits per heavy atom. The predicted molar refractivity (Wildman–Crippen MR) is 57.6 cm³/mol. The molecular formula is C10H9BrN2O2. The van der Waals surface area contributed by atoms with Gasteiger partial charge in [0.1, 0.15) is 4.60 Å². The zero-order valence-electron chi connectivity index (χ0n) is 8.11. The maximum atomic E-state index is 11.4. The molecule has 0 unspecified atom stereocenters. The first-order chi connectivity index (χ1) is 7.20. The third-order valence-corrected chi connectivity index (χ3v) is 2.44. The van der Waals surface area contributed by atoms with Crippen molar-refractivity contribution in [2.75, 3.05) is 6.61 Å². The number of halogens is 1. The summed E-state index contributed by atoms with van der Waals surface area (Å²) in [6, 6.07) is 3.15. The van der Waals surface area contributed by atoms with E-state index in [-0.39, 0.29) is 5.97 Å². The van der Waals surface area contributed by atoms with Gasteiger partial charge in [-0.3, -0.25) is 0 Å². The Balaban J connectivity index is 2.35. The molecule has 0 spiro atoms. The van der Waals surface area contributed by atoms with Crippen molar-refractivity contribution < 1.29 is 9.53 Å². The minimum absolute atomic E-state index is 0.327. The Morgan fingerprint density at radius 3 is 3.13 bits per heavy atom. The molecule has 0 amide bonds. The van der Waals surface area contributed by atoms with Crippen LogP contribution in [0.5, 0.6) is 0 Å². The molecule has 1 aliphatic heterocycles.